The molecule has 8 heteroatoms. The van der Waals surface area contributed by atoms with E-state index in [2.05, 4.69) is 0 Å². The van der Waals surface area contributed by atoms with E-state index < -0.39 is 5.97 Å². The summed E-state index contributed by atoms with van der Waals surface area (Å²) in [6.07, 6.45) is 2.55. The molecule has 29 heavy (non-hydrogen) atoms. The van der Waals surface area contributed by atoms with Crippen molar-refractivity contribution in [3.63, 3.8) is 0 Å². The number of hydrogen-bond donors (Lipinski definition) is 2. The van der Waals surface area contributed by atoms with Crippen LogP contribution in [0.2, 0.25) is 0 Å². The molecule has 0 aliphatic carbocycles. The summed E-state index contributed by atoms with van der Waals surface area (Å²) in [7, 11) is 2.93. The number of aromatic hydroxyl groups is 1. The third-order valence-electron chi connectivity index (χ3n) is 3.79. The number of unbranched alkanes of at least 4 members (excludes halogenated alkanes) is 1. The number of aldehydes is 2. The number of carbonyl (C=O) groups excluding carboxylic acids is 2. The number of rotatable bonds is 10. The normalized spacial score (nSPS) is 9.59. The predicted molar refractivity (Wildman–Crippen MR) is 105 cm³/mol. The van der Waals surface area contributed by atoms with Gasteiger partial charge in [0.2, 0.25) is 0 Å². The molecular formula is C21H24O8. The van der Waals surface area contributed by atoms with Gasteiger partial charge >= 0.3 is 5.97 Å². The van der Waals surface area contributed by atoms with Crippen molar-refractivity contribution >= 4 is 18.5 Å². The second kappa shape index (κ2) is 12.8. The summed E-state index contributed by atoms with van der Waals surface area (Å²) >= 11 is 0. The molecule has 0 atom stereocenters. The van der Waals surface area contributed by atoms with Gasteiger partial charge in [0, 0.05) is 6.42 Å². The van der Waals surface area contributed by atoms with Crippen molar-refractivity contribution in [3.05, 3.63) is 47.5 Å². The van der Waals surface area contributed by atoms with Gasteiger partial charge in [-0.25, -0.2) is 0 Å². The lowest BCUT2D eigenvalue weighted by Crippen LogP contribution is -2.03. The quantitative estimate of drug-likeness (QED) is 0.457. The summed E-state index contributed by atoms with van der Waals surface area (Å²) in [4.78, 5) is 31.6. The van der Waals surface area contributed by atoms with Crippen molar-refractivity contribution in [3.8, 4) is 23.0 Å². The van der Waals surface area contributed by atoms with E-state index in [1.807, 2.05) is 0 Å². The Kier molecular flexibility index (Phi) is 10.3. The molecule has 2 aromatic rings. The van der Waals surface area contributed by atoms with Crippen LogP contribution in [0.5, 0.6) is 23.0 Å². The van der Waals surface area contributed by atoms with Gasteiger partial charge in [0.05, 0.1) is 32.0 Å². The SMILES string of the molecule is COc1cccc(O)c1C=O.COc1cccc(OCCCCC(=O)O)c1C=O. The highest BCUT2D eigenvalue weighted by molar-refractivity contribution is 5.84. The van der Waals surface area contributed by atoms with E-state index in [1.54, 1.807) is 30.3 Å². The molecule has 0 aliphatic rings. The number of carboxylic acids is 1. The lowest BCUT2D eigenvalue weighted by atomic mass is 10.2. The second-order valence-electron chi connectivity index (χ2n) is 5.70. The molecule has 0 bridgehead atoms. The molecule has 0 radical (unpaired) electrons. The van der Waals surface area contributed by atoms with Crippen molar-refractivity contribution in [1.29, 1.82) is 0 Å². The van der Waals surface area contributed by atoms with Gasteiger partial charge in [0.25, 0.3) is 0 Å². The third-order valence-corrected chi connectivity index (χ3v) is 3.79. The molecule has 0 saturated heterocycles. The number of benzene rings is 2. The van der Waals surface area contributed by atoms with Gasteiger partial charge in [0.1, 0.15) is 23.0 Å². The highest BCUT2D eigenvalue weighted by Crippen LogP contribution is 2.26. The van der Waals surface area contributed by atoms with Crippen LogP contribution in [-0.4, -0.2) is 49.6 Å². The zero-order valence-electron chi connectivity index (χ0n) is 16.3. The van der Waals surface area contributed by atoms with E-state index in [0.29, 0.717) is 54.8 Å². The molecule has 2 rings (SSSR count). The Hall–Kier alpha value is -3.55. The predicted octanol–water partition coefficient (Wildman–Crippen LogP) is 3.35. The number of aliphatic carboxylic acids is 1. The number of hydrogen-bond acceptors (Lipinski definition) is 7. The van der Waals surface area contributed by atoms with Crippen LogP contribution < -0.4 is 14.2 Å². The Balaban J connectivity index is 0.000000326. The molecule has 0 heterocycles. The average Bonchev–Trinajstić information content (AvgIpc) is 2.73. The van der Waals surface area contributed by atoms with Gasteiger partial charge in [-0.15, -0.1) is 0 Å². The Morgan fingerprint density at radius 1 is 0.897 bits per heavy atom. The van der Waals surface area contributed by atoms with Gasteiger partial charge in [-0.2, -0.15) is 0 Å². The molecule has 8 nitrogen and oxygen atoms in total. The van der Waals surface area contributed by atoms with E-state index in [0.717, 1.165) is 0 Å². The number of carbonyl (C=O) groups is 3. The molecular weight excluding hydrogens is 380 g/mol. The minimum Gasteiger partial charge on any atom is -0.507 e. The number of ether oxygens (including phenoxy) is 3. The van der Waals surface area contributed by atoms with Gasteiger partial charge < -0.3 is 24.4 Å². The largest absolute Gasteiger partial charge is 0.507 e. The topological polar surface area (TPSA) is 119 Å². The summed E-state index contributed by atoms with van der Waals surface area (Å²) in [5.74, 6) is 0.442. The van der Waals surface area contributed by atoms with Gasteiger partial charge in [0.15, 0.2) is 12.6 Å². The Morgan fingerprint density at radius 2 is 1.45 bits per heavy atom. The van der Waals surface area contributed by atoms with Crippen molar-refractivity contribution in [1.82, 2.24) is 0 Å². The Bertz CT molecular complexity index is 816. The van der Waals surface area contributed by atoms with Crippen molar-refractivity contribution in [2.75, 3.05) is 20.8 Å². The Labute approximate surface area is 168 Å². The van der Waals surface area contributed by atoms with Crippen molar-refractivity contribution < 1.29 is 38.8 Å². The molecule has 0 aromatic heterocycles. The van der Waals surface area contributed by atoms with Crippen LogP contribution in [0, 0.1) is 0 Å². The molecule has 0 amide bonds. The summed E-state index contributed by atoms with van der Waals surface area (Å²) in [5.41, 5.74) is 0.563. The standard InChI is InChI=1S/C13H16O5.C8H8O3/c1-17-11-5-4-6-12(10(11)9-14)18-8-3-2-7-13(15)16;1-11-8-4-2-3-7(10)6(8)5-9/h4-6,9H,2-3,7-8H2,1H3,(H,15,16);2-5,10H,1H3. The fourth-order valence-corrected chi connectivity index (χ4v) is 2.33. The van der Waals surface area contributed by atoms with Crippen molar-refractivity contribution in [2.24, 2.45) is 0 Å². The lowest BCUT2D eigenvalue weighted by molar-refractivity contribution is -0.137. The number of phenols is 1. The number of phenolic OH excluding ortho intramolecular Hbond substituents is 1. The molecule has 2 aromatic carbocycles. The summed E-state index contributed by atoms with van der Waals surface area (Å²) in [6, 6.07) is 9.76. The molecule has 0 fully saturated rings. The number of methoxy groups -OCH3 is 2. The Morgan fingerprint density at radius 3 is 1.97 bits per heavy atom. The summed E-state index contributed by atoms with van der Waals surface area (Å²) in [6.45, 7) is 0.376. The first-order valence-electron chi connectivity index (χ1n) is 8.76. The highest BCUT2D eigenvalue weighted by Gasteiger charge is 2.09. The third kappa shape index (κ3) is 7.53. The fraction of sp³-hybridized carbons (Fsp3) is 0.286. The zero-order valence-corrected chi connectivity index (χ0v) is 16.3. The molecule has 156 valence electrons. The first-order chi connectivity index (χ1) is 14.0. The smallest absolute Gasteiger partial charge is 0.303 e. The number of carboxylic acid groups (broad SMARTS) is 1. The van der Waals surface area contributed by atoms with E-state index >= 15 is 0 Å². The molecule has 0 unspecified atom stereocenters. The van der Waals surface area contributed by atoms with Crippen LogP contribution >= 0.6 is 0 Å². The van der Waals surface area contributed by atoms with Crippen molar-refractivity contribution in [2.45, 2.75) is 19.3 Å². The van der Waals surface area contributed by atoms with Gasteiger partial charge in [-0.3, -0.25) is 14.4 Å². The molecule has 0 saturated carbocycles. The van der Waals surface area contributed by atoms with Crippen LogP contribution in [0.1, 0.15) is 40.0 Å². The maximum absolute atomic E-state index is 10.9. The fourth-order valence-electron chi connectivity index (χ4n) is 2.33. The van der Waals surface area contributed by atoms with Crippen LogP contribution in [0.3, 0.4) is 0 Å². The molecule has 0 aliphatic heterocycles. The average molecular weight is 404 g/mol. The monoisotopic (exact) mass is 404 g/mol. The summed E-state index contributed by atoms with van der Waals surface area (Å²) < 4.78 is 15.3. The van der Waals surface area contributed by atoms with Crippen LogP contribution in [0.25, 0.3) is 0 Å². The van der Waals surface area contributed by atoms with Crippen LogP contribution in [0.4, 0.5) is 0 Å². The van der Waals surface area contributed by atoms with Crippen LogP contribution in [0.15, 0.2) is 36.4 Å². The maximum atomic E-state index is 10.9. The first-order valence-corrected chi connectivity index (χ1v) is 8.76. The van der Waals surface area contributed by atoms with Crippen LogP contribution in [-0.2, 0) is 4.79 Å². The van der Waals surface area contributed by atoms with E-state index in [-0.39, 0.29) is 17.7 Å². The maximum Gasteiger partial charge on any atom is 0.303 e. The molecule has 0 spiro atoms. The minimum absolute atomic E-state index is 0.0562. The minimum atomic E-state index is -0.815. The van der Waals surface area contributed by atoms with Gasteiger partial charge in [-0.1, -0.05) is 12.1 Å². The zero-order chi connectivity index (χ0) is 21.6. The van der Waals surface area contributed by atoms with E-state index in [9.17, 15) is 14.4 Å². The van der Waals surface area contributed by atoms with Gasteiger partial charge in [-0.05, 0) is 37.1 Å². The first kappa shape index (κ1) is 23.5. The van der Waals surface area contributed by atoms with E-state index in [4.69, 9.17) is 24.4 Å². The lowest BCUT2D eigenvalue weighted by Gasteiger charge is -2.10. The second-order valence-corrected chi connectivity index (χ2v) is 5.70. The summed E-state index contributed by atoms with van der Waals surface area (Å²) in [5, 5.41) is 17.6. The van der Waals surface area contributed by atoms with E-state index in [1.165, 1.54) is 20.3 Å². The highest BCUT2D eigenvalue weighted by atomic mass is 16.5. The molecule has 2 N–H and O–H groups in total.